The first kappa shape index (κ1) is 20.7. The van der Waals surface area contributed by atoms with Gasteiger partial charge in [-0.05, 0) is 26.0 Å². The second-order valence-electron chi connectivity index (χ2n) is 7.27. The monoisotopic (exact) mass is 433 g/mol. The smallest absolute Gasteiger partial charge is 0.243 e. The van der Waals surface area contributed by atoms with Crippen molar-refractivity contribution in [1.82, 2.24) is 14.3 Å². The summed E-state index contributed by atoms with van der Waals surface area (Å²) >= 11 is 0. The van der Waals surface area contributed by atoms with E-state index in [-0.39, 0.29) is 4.90 Å². The summed E-state index contributed by atoms with van der Waals surface area (Å²) in [5.41, 5.74) is 0.873. The third kappa shape index (κ3) is 4.29. The summed E-state index contributed by atoms with van der Waals surface area (Å²) in [5.74, 6) is 2.48. The van der Waals surface area contributed by atoms with E-state index in [1.807, 2.05) is 19.9 Å². The molecule has 0 radical (unpaired) electrons. The average molecular weight is 434 g/mol. The highest BCUT2D eigenvalue weighted by Crippen LogP contribution is 2.33. The molecular weight excluding hydrogens is 406 g/mol. The van der Waals surface area contributed by atoms with Crippen molar-refractivity contribution >= 4 is 21.8 Å². The van der Waals surface area contributed by atoms with Gasteiger partial charge in [0, 0.05) is 57.0 Å². The molecule has 10 heteroatoms. The van der Waals surface area contributed by atoms with Crippen LogP contribution in [0.15, 0.2) is 29.2 Å². The second-order valence-corrected chi connectivity index (χ2v) is 9.21. The minimum absolute atomic E-state index is 0.229. The lowest BCUT2D eigenvalue weighted by Gasteiger charge is -2.34. The van der Waals surface area contributed by atoms with Crippen LogP contribution in [0.25, 0.3) is 0 Å². The molecule has 2 aliphatic heterocycles. The number of ether oxygens (including phenoxy) is 2. The van der Waals surface area contributed by atoms with Gasteiger partial charge in [-0.3, -0.25) is 0 Å². The molecule has 1 saturated heterocycles. The molecule has 1 aromatic heterocycles. The van der Waals surface area contributed by atoms with Gasteiger partial charge in [0.15, 0.2) is 11.5 Å². The van der Waals surface area contributed by atoms with E-state index in [0.29, 0.717) is 56.8 Å². The van der Waals surface area contributed by atoms with Gasteiger partial charge in [-0.1, -0.05) is 0 Å². The minimum atomic E-state index is -3.61. The Morgan fingerprint density at radius 3 is 2.50 bits per heavy atom. The number of sulfonamides is 1. The largest absolute Gasteiger partial charge is 0.490 e. The third-order valence-electron chi connectivity index (χ3n) is 5.09. The Hall–Kier alpha value is -2.59. The van der Waals surface area contributed by atoms with Crippen LogP contribution < -0.4 is 19.7 Å². The topological polar surface area (TPSA) is 96.9 Å². The van der Waals surface area contributed by atoms with E-state index in [9.17, 15) is 8.42 Å². The van der Waals surface area contributed by atoms with Gasteiger partial charge in [0.1, 0.15) is 5.82 Å². The van der Waals surface area contributed by atoms with Crippen molar-refractivity contribution in [3.63, 3.8) is 0 Å². The molecule has 1 aromatic carbocycles. The number of hydrogen-bond donors (Lipinski definition) is 1. The molecule has 0 unspecified atom stereocenters. The number of rotatable bonds is 5. The molecule has 0 amide bonds. The van der Waals surface area contributed by atoms with Crippen molar-refractivity contribution in [3.8, 4) is 11.5 Å². The highest BCUT2D eigenvalue weighted by molar-refractivity contribution is 7.89. The van der Waals surface area contributed by atoms with Crippen LogP contribution >= 0.6 is 0 Å². The van der Waals surface area contributed by atoms with Crippen LogP contribution in [0.5, 0.6) is 11.5 Å². The number of hydrogen-bond acceptors (Lipinski definition) is 8. The van der Waals surface area contributed by atoms with Gasteiger partial charge in [-0.25, -0.2) is 13.4 Å². The van der Waals surface area contributed by atoms with Gasteiger partial charge in [0.25, 0.3) is 0 Å². The molecule has 0 bridgehead atoms. The van der Waals surface area contributed by atoms with Crippen LogP contribution in [0.3, 0.4) is 0 Å². The zero-order chi connectivity index (χ0) is 21.1. The molecule has 162 valence electrons. The molecule has 2 aliphatic rings. The van der Waals surface area contributed by atoms with E-state index in [4.69, 9.17) is 9.47 Å². The maximum absolute atomic E-state index is 13.2. The number of aryl methyl sites for hydroxylation is 1. The molecule has 9 nitrogen and oxygen atoms in total. The molecular formula is C20H27N5O4S. The normalized spacial score (nSPS) is 17.5. The van der Waals surface area contributed by atoms with Gasteiger partial charge in [0.2, 0.25) is 16.0 Å². The van der Waals surface area contributed by atoms with Crippen LogP contribution in [-0.4, -0.2) is 68.6 Å². The lowest BCUT2D eigenvalue weighted by atomic mass is 10.3. The second kappa shape index (κ2) is 8.65. The molecule has 2 aromatic rings. The van der Waals surface area contributed by atoms with E-state index >= 15 is 0 Å². The van der Waals surface area contributed by atoms with Crippen molar-refractivity contribution in [2.24, 2.45) is 0 Å². The summed E-state index contributed by atoms with van der Waals surface area (Å²) < 4.78 is 39.1. The summed E-state index contributed by atoms with van der Waals surface area (Å²) in [6, 6.07) is 6.76. The third-order valence-corrected chi connectivity index (χ3v) is 6.99. The highest BCUT2D eigenvalue weighted by atomic mass is 32.2. The standard InChI is InChI=1S/C20H27N5O4S/c1-3-21-20-22-15(2)13-19(23-20)24-7-9-25(10-8-24)30(26,27)16-5-6-17-18(14-16)29-12-4-11-28-17/h5-6,13-14H,3-4,7-12H2,1-2H3,(H,21,22,23). The van der Waals surface area contributed by atoms with Crippen LogP contribution in [0.2, 0.25) is 0 Å². The van der Waals surface area contributed by atoms with E-state index in [1.165, 1.54) is 4.31 Å². The Bertz CT molecular complexity index is 1010. The summed E-state index contributed by atoms with van der Waals surface area (Å²) in [5, 5.41) is 3.13. The number of nitrogens with zero attached hydrogens (tertiary/aromatic N) is 4. The predicted molar refractivity (Wildman–Crippen MR) is 114 cm³/mol. The number of aromatic nitrogens is 2. The fraction of sp³-hybridized carbons (Fsp3) is 0.500. The summed E-state index contributed by atoms with van der Waals surface area (Å²) in [6.07, 6.45) is 0.775. The number of piperazine rings is 1. The lowest BCUT2D eigenvalue weighted by molar-refractivity contribution is 0.296. The average Bonchev–Trinajstić information content (AvgIpc) is 2.98. The van der Waals surface area contributed by atoms with E-state index < -0.39 is 10.0 Å². The lowest BCUT2D eigenvalue weighted by Crippen LogP contribution is -2.49. The fourth-order valence-electron chi connectivity index (χ4n) is 3.56. The predicted octanol–water partition coefficient (Wildman–Crippen LogP) is 1.89. The molecule has 1 N–H and O–H groups in total. The van der Waals surface area contributed by atoms with Crippen molar-refractivity contribution < 1.29 is 17.9 Å². The summed E-state index contributed by atoms with van der Waals surface area (Å²) in [6.45, 7) is 7.64. The Morgan fingerprint density at radius 1 is 1.03 bits per heavy atom. The minimum Gasteiger partial charge on any atom is -0.490 e. The van der Waals surface area contributed by atoms with Crippen LogP contribution in [0.1, 0.15) is 19.0 Å². The van der Waals surface area contributed by atoms with Gasteiger partial charge in [0.05, 0.1) is 18.1 Å². The summed E-state index contributed by atoms with van der Waals surface area (Å²) in [4.78, 5) is 11.3. The highest BCUT2D eigenvalue weighted by Gasteiger charge is 2.30. The zero-order valence-electron chi connectivity index (χ0n) is 17.3. The molecule has 0 atom stereocenters. The number of anilines is 2. The van der Waals surface area contributed by atoms with E-state index in [2.05, 4.69) is 20.2 Å². The molecule has 1 fully saturated rings. The van der Waals surface area contributed by atoms with E-state index in [0.717, 1.165) is 24.5 Å². The molecule has 0 saturated carbocycles. The molecule has 0 aliphatic carbocycles. The van der Waals surface area contributed by atoms with Crippen molar-refractivity contribution in [1.29, 1.82) is 0 Å². The fourth-order valence-corrected chi connectivity index (χ4v) is 5.00. The van der Waals surface area contributed by atoms with Crippen LogP contribution in [0, 0.1) is 6.92 Å². The number of fused-ring (bicyclic) bond motifs is 1. The van der Waals surface area contributed by atoms with Crippen LogP contribution in [0.4, 0.5) is 11.8 Å². The number of benzene rings is 1. The van der Waals surface area contributed by atoms with Crippen molar-refractivity contribution in [2.75, 3.05) is 56.2 Å². The van der Waals surface area contributed by atoms with Gasteiger partial charge in [-0.15, -0.1) is 0 Å². The van der Waals surface area contributed by atoms with Crippen molar-refractivity contribution in [3.05, 3.63) is 30.0 Å². The molecule has 0 spiro atoms. The zero-order valence-corrected chi connectivity index (χ0v) is 18.1. The van der Waals surface area contributed by atoms with E-state index in [1.54, 1.807) is 18.2 Å². The van der Waals surface area contributed by atoms with Crippen LogP contribution in [-0.2, 0) is 10.0 Å². The van der Waals surface area contributed by atoms with Gasteiger partial charge < -0.3 is 19.7 Å². The Kier molecular flexibility index (Phi) is 5.96. The first-order chi connectivity index (χ1) is 14.5. The molecule has 30 heavy (non-hydrogen) atoms. The van der Waals surface area contributed by atoms with Crippen molar-refractivity contribution in [2.45, 2.75) is 25.2 Å². The summed E-state index contributed by atoms with van der Waals surface area (Å²) in [7, 11) is -3.61. The Labute approximate surface area is 177 Å². The Balaban J connectivity index is 1.48. The SMILES string of the molecule is CCNc1nc(C)cc(N2CCN(S(=O)(=O)c3ccc4c(c3)OCCCO4)CC2)n1. The molecule has 3 heterocycles. The first-order valence-electron chi connectivity index (χ1n) is 10.2. The van der Waals surface area contributed by atoms with Gasteiger partial charge >= 0.3 is 0 Å². The van der Waals surface area contributed by atoms with Gasteiger partial charge in [-0.2, -0.15) is 9.29 Å². The Morgan fingerprint density at radius 2 is 1.77 bits per heavy atom. The maximum Gasteiger partial charge on any atom is 0.243 e. The maximum atomic E-state index is 13.2. The first-order valence-corrected chi connectivity index (χ1v) is 11.7. The number of nitrogens with one attached hydrogen (secondary N) is 1. The molecule has 4 rings (SSSR count). The quantitative estimate of drug-likeness (QED) is 0.764.